The molecule has 0 amide bonds. The summed E-state index contributed by atoms with van der Waals surface area (Å²) < 4.78 is 0. The van der Waals surface area contributed by atoms with Crippen LogP contribution in [0, 0.1) is 5.92 Å². The third kappa shape index (κ3) is 3.66. The molecule has 114 valence electrons. The molecule has 3 rings (SSSR count). The third-order valence-electron chi connectivity index (χ3n) is 4.67. The maximum atomic E-state index is 4.24. The van der Waals surface area contributed by atoms with E-state index < -0.39 is 0 Å². The maximum absolute atomic E-state index is 4.24. The van der Waals surface area contributed by atoms with Gasteiger partial charge in [-0.3, -0.25) is 0 Å². The van der Waals surface area contributed by atoms with Crippen molar-refractivity contribution in [3.05, 3.63) is 77.9 Å². The molecule has 1 heteroatoms. The molecule has 0 saturated carbocycles. The number of hydrogen-bond donors (Lipinski definition) is 0. The Kier molecular flexibility index (Phi) is 4.74. The Balaban J connectivity index is 1.66. The summed E-state index contributed by atoms with van der Waals surface area (Å²) in [5.74, 6) is 0.807. The van der Waals surface area contributed by atoms with Crippen LogP contribution in [0.5, 0.6) is 0 Å². The van der Waals surface area contributed by atoms with Gasteiger partial charge in [-0.1, -0.05) is 61.2 Å². The lowest BCUT2D eigenvalue weighted by molar-refractivity contribution is 0.209. The molecule has 0 bridgehead atoms. The lowest BCUT2D eigenvalue weighted by Crippen LogP contribution is -2.32. The molecule has 22 heavy (non-hydrogen) atoms. The molecule has 1 heterocycles. The Labute approximate surface area is 134 Å². The molecule has 0 spiro atoms. The highest BCUT2D eigenvalue weighted by Gasteiger charge is 2.17. The van der Waals surface area contributed by atoms with E-state index in [0.717, 1.165) is 11.5 Å². The summed E-state index contributed by atoms with van der Waals surface area (Å²) in [5, 5.41) is 0. The Bertz CT molecular complexity index is 612. The minimum absolute atomic E-state index is 0.807. The SMILES string of the molecule is C=C(c1ccccc1)c1ccc(CC2CCCN(C)C2)cc1. The van der Waals surface area contributed by atoms with Crippen LogP contribution in [0.25, 0.3) is 5.57 Å². The topological polar surface area (TPSA) is 3.24 Å². The van der Waals surface area contributed by atoms with Gasteiger partial charge >= 0.3 is 0 Å². The third-order valence-corrected chi connectivity index (χ3v) is 4.67. The van der Waals surface area contributed by atoms with Crippen LogP contribution in [0.15, 0.2) is 61.2 Å². The Hall–Kier alpha value is -1.86. The highest BCUT2D eigenvalue weighted by Crippen LogP contribution is 2.24. The van der Waals surface area contributed by atoms with Crippen molar-refractivity contribution in [2.24, 2.45) is 5.92 Å². The predicted octanol–water partition coefficient (Wildman–Crippen LogP) is 4.63. The lowest BCUT2D eigenvalue weighted by atomic mass is 9.90. The Morgan fingerprint density at radius 2 is 1.73 bits per heavy atom. The summed E-state index contributed by atoms with van der Waals surface area (Å²) in [6, 6.07) is 19.4. The summed E-state index contributed by atoms with van der Waals surface area (Å²) in [7, 11) is 2.24. The summed E-state index contributed by atoms with van der Waals surface area (Å²) in [6.07, 6.45) is 3.90. The number of piperidine rings is 1. The maximum Gasteiger partial charge on any atom is 0.000979 e. The fourth-order valence-electron chi connectivity index (χ4n) is 3.42. The van der Waals surface area contributed by atoms with Crippen molar-refractivity contribution < 1.29 is 0 Å². The quantitative estimate of drug-likeness (QED) is 0.793. The minimum atomic E-state index is 0.807. The molecule has 1 atom stereocenters. The van der Waals surface area contributed by atoms with E-state index in [-0.39, 0.29) is 0 Å². The monoisotopic (exact) mass is 291 g/mol. The van der Waals surface area contributed by atoms with Crippen molar-refractivity contribution in [3.8, 4) is 0 Å². The van der Waals surface area contributed by atoms with Gasteiger partial charge in [0.2, 0.25) is 0 Å². The average molecular weight is 291 g/mol. The molecule has 1 unspecified atom stereocenters. The van der Waals surface area contributed by atoms with E-state index in [0.29, 0.717) is 0 Å². The van der Waals surface area contributed by atoms with Crippen LogP contribution in [-0.4, -0.2) is 25.0 Å². The summed E-state index contributed by atoms with van der Waals surface area (Å²) in [4.78, 5) is 2.46. The number of likely N-dealkylation sites (tertiary alicyclic amines) is 1. The van der Waals surface area contributed by atoms with E-state index in [9.17, 15) is 0 Å². The van der Waals surface area contributed by atoms with Gasteiger partial charge in [-0.25, -0.2) is 0 Å². The molecule has 0 aliphatic carbocycles. The van der Waals surface area contributed by atoms with E-state index in [1.807, 2.05) is 6.07 Å². The zero-order chi connectivity index (χ0) is 15.4. The van der Waals surface area contributed by atoms with Crippen molar-refractivity contribution in [1.29, 1.82) is 0 Å². The van der Waals surface area contributed by atoms with E-state index in [1.165, 1.54) is 49.0 Å². The number of hydrogen-bond acceptors (Lipinski definition) is 1. The largest absolute Gasteiger partial charge is 0.306 e. The molecular formula is C21H25N. The molecule has 0 radical (unpaired) electrons. The molecule has 1 aliphatic rings. The number of rotatable bonds is 4. The van der Waals surface area contributed by atoms with Crippen LogP contribution in [0.2, 0.25) is 0 Å². The van der Waals surface area contributed by atoms with Gasteiger partial charge in [0, 0.05) is 6.54 Å². The van der Waals surface area contributed by atoms with Gasteiger partial charge in [-0.15, -0.1) is 0 Å². The Morgan fingerprint density at radius 1 is 1.05 bits per heavy atom. The van der Waals surface area contributed by atoms with Gasteiger partial charge in [0.15, 0.2) is 0 Å². The van der Waals surface area contributed by atoms with Crippen molar-refractivity contribution >= 4 is 5.57 Å². The van der Waals surface area contributed by atoms with Crippen LogP contribution in [0.1, 0.15) is 29.5 Å². The van der Waals surface area contributed by atoms with Crippen LogP contribution >= 0.6 is 0 Å². The zero-order valence-corrected chi connectivity index (χ0v) is 13.5. The van der Waals surface area contributed by atoms with Gasteiger partial charge in [0.25, 0.3) is 0 Å². The van der Waals surface area contributed by atoms with Crippen LogP contribution < -0.4 is 0 Å². The van der Waals surface area contributed by atoms with Gasteiger partial charge < -0.3 is 4.90 Å². The highest BCUT2D eigenvalue weighted by atomic mass is 15.1. The summed E-state index contributed by atoms with van der Waals surface area (Å²) in [6.45, 7) is 6.73. The average Bonchev–Trinajstić information content (AvgIpc) is 2.56. The second-order valence-corrected chi connectivity index (χ2v) is 6.52. The predicted molar refractivity (Wildman–Crippen MR) is 94.9 cm³/mol. The normalized spacial score (nSPS) is 19.0. The van der Waals surface area contributed by atoms with Gasteiger partial charge in [-0.2, -0.15) is 0 Å². The van der Waals surface area contributed by atoms with Crippen LogP contribution in [-0.2, 0) is 6.42 Å². The van der Waals surface area contributed by atoms with E-state index in [2.05, 4.69) is 67.1 Å². The smallest absolute Gasteiger partial charge is 0.000979 e. The number of benzene rings is 2. The molecule has 1 saturated heterocycles. The van der Waals surface area contributed by atoms with Crippen LogP contribution in [0.4, 0.5) is 0 Å². The summed E-state index contributed by atoms with van der Waals surface area (Å²) in [5.41, 5.74) is 4.97. The van der Waals surface area contributed by atoms with Crippen LogP contribution in [0.3, 0.4) is 0 Å². The first-order valence-corrected chi connectivity index (χ1v) is 8.24. The molecule has 1 fully saturated rings. The second-order valence-electron chi connectivity index (χ2n) is 6.52. The molecule has 0 N–H and O–H groups in total. The lowest BCUT2D eigenvalue weighted by Gasteiger charge is -2.29. The first kappa shape index (κ1) is 15.1. The highest BCUT2D eigenvalue weighted by molar-refractivity contribution is 5.77. The second kappa shape index (κ2) is 6.93. The van der Waals surface area contributed by atoms with E-state index in [4.69, 9.17) is 0 Å². The van der Waals surface area contributed by atoms with E-state index in [1.54, 1.807) is 0 Å². The molecule has 0 aromatic heterocycles. The zero-order valence-electron chi connectivity index (χ0n) is 13.5. The first-order valence-electron chi connectivity index (χ1n) is 8.24. The molecular weight excluding hydrogens is 266 g/mol. The fourth-order valence-corrected chi connectivity index (χ4v) is 3.42. The molecule has 2 aromatic rings. The number of nitrogens with zero attached hydrogens (tertiary/aromatic N) is 1. The standard InChI is InChI=1S/C21H25N/c1-17(20-8-4-3-5-9-20)21-12-10-18(11-13-21)15-19-7-6-14-22(2)16-19/h3-5,8-13,19H,1,6-7,14-16H2,2H3. The van der Waals surface area contributed by atoms with Crippen molar-refractivity contribution in [1.82, 2.24) is 4.90 Å². The first-order chi connectivity index (χ1) is 10.7. The van der Waals surface area contributed by atoms with Crippen molar-refractivity contribution in [2.45, 2.75) is 19.3 Å². The van der Waals surface area contributed by atoms with Gasteiger partial charge in [0.05, 0.1) is 0 Å². The van der Waals surface area contributed by atoms with Crippen molar-refractivity contribution in [2.75, 3.05) is 20.1 Å². The summed E-state index contributed by atoms with van der Waals surface area (Å²) >= 11 is 0. The molecule has 2 aromatic carbocycles. The van der Waals surface area contributed by atoms with E-state index >= 15 is 0 Å². The Morgan fingerprint density at radius 3 is 2.41 bits per heavy atom. The van der Waals surface area contributed by atoms with Gasteiger partial charge in [0.1, 0.15) is 0 Å². The molecule has 1 nitrogen and oxygen atoms in total. The fraction of sp³-hybridized carbons (Fsp3) is 0.333. The minimum Gasteiger partial charge on any atom is -0.306 e. The van der Waals surface area contributed by atoms with Gasteiger partial charge in [-0.05, 0) is 61.0 Å². The molecule has 1 aliphatic heterocycles. The van der Waals surface area contributed by atoms with Crippen molar-refractivity contribution in [3.63, 3.8) is 0 Å².